The molecule has 1 fully saturated rings. The Hall–Kier alpha value is -2.34. The van der Waals surface area contributed by atoms with Gasteiger partial charge in [0.2, 0.25) is 5.91 Å². The molecule has 0 saturated carbocycles. The van der Waals surface area contributed by atoms with E-state index in [9.17, 15) is 9.59 Å². The van der Waals surface area contributed by atoms with Crippen LogP contribution in [0.2, 0.25) is 0 Å². The molecule has 6 heteroatoms. The van der Waals surface area contributed by atoms with Crippen LogP contribution in [0.4, 0.5) is 16.2 Å². The SMILES string of the molecule is Cc1ccc(NC(=O)[C@H]2CCCN(C(=O)Nc3ccccc3)C2)c(Br)c1. The standard InChI is InChI=1S/C20H22BrN3O2/c1-14-9-10-18(17(21)12-14)23-19(25)15-6-5-11-24(13-15)20(26)22-16-7-3-2-4-8-16/h2-4,7-10,12,15H,5-6,11,13H2,1H3,(H,22,26)(H,23,25)/t15-/m0/s1. The third-order valence-electron chi connectivity index (χ3n) is 4.49. The number of halogens is 1. The Morgan fingerprint density at radius 3 is 2.62 bits per heavy atom. The maximum Gasteiger partial charge on any atom is 0.321 e. The summed E-state index contributed by atoms with van der Waals surface area (Å²) in [5.41, 5.74) is 2.63. The number of hydrogen-bond acceptors (Lipinski definition) is 2. The van der Waals surface area contributed by atoms with Crippen molar-refractivity contribution in [2.45, 2.75) is 19.8 Å². The van der Waals surface area contributed by atoms with Gasteiger partial charge < -0.3 is 15.5 Å². The molecule has 2 aromatic rings. The third-order valence-corrected chi connectivity index (χ3v) is 5.14. The molecule has 1 aliphatic rings. The molecule has 0 aliphatic carbocycles. The minimum Gasteiger partial charge on any atom is -0.325 e. The number of nitrogens with one attached hydrogen (secondary N) is 2. The topological polar surface area (TPSA) is 61.4 Å². The smallest absolute Gasteiger partial charge is 0.321 e. The first-order valence-corrected chi connectivity index (χ1v) is 9.50. The number of amides is 3. The number of piperidine rings is 1. The van der Waals surface area contributed by atoms with Gasteiger partial charge in [-0.2, -0.15) is 0 Å². The van der Waals surface area contributed by atoms with Crippen LogP contribution in [0.3, 0.4) is 0 Å². The van der Waals surface area contributed by atoms with E-state index in [0.717, 1.165) is 34.3 Å². The number of aryl methyl sites for hydroxylation is 1. The molecule has 0 radical (unpaired) electrons. The summed E-state index contributed by atoms with van der Waals surface area (Å²) in [5, 5.41) is 5.86. The van der Waals surface area contributed by atoms with Crippen LogP contribution in [-0.4, -0.2) is 29.9 Å². The van der Waals surface area contributed by atoms with Gasteiger partial charge >= 0.3 is 6.03 Å². The molecule has 0 aromatic heterocycles. The fourth-order valence-electron chi connectivity index (χ4n) is 3.06. The van der Waals surface area contributed by atoms with Crippen LogP contribution in [0.25, 0.3) is 0 Å². The van der Waals surface area contributed by atoms with Crippen molar-refractivity contribution in [3.63, 3.8) is 0 Å². The fourth-order valence-corrected chi connectivity index (χ4v) is 3.65. The van der Waals surface area contributed by atoms with E-state index in [2.05, 4.69) is 26.6 Å². The molecular weight excluding hydrogens is 394 g/mol. The van der Waals surface area contributed by atoms with E-state index in [-0.39, 0.29) is 17.9 Å². The average Bonchev–Trinajstić information content (AvgIpc) is 2.65. The van der Waals surface area contributed by atoms with Gasteiger partial charge in [0.15, 0.2) is 0 Å². The van der Waals surface area contributed by atoms with Gasteiger partial charge in [-0.05, 0) is 65.5 Å². The second kappa shape index (κ2) is 8.36. The number of anilines is 2. The lowest BCUT2D eigenvalue weighted by Gasteiger charge is -2.32. The molecule has 1 saturated heterocycles. The van der Waals surface area contributed by atoms with Gasteiger partial charge in [-0.15, -0.1) is 0 Å². The van der Waals surface area contributed by atoms with Crippen LogP contribution in [0, 0.1) is 12.8 Å². The first kappa shape index (κ1) is 18.5. The van der Waals surface area contributed by atoms with Gasteiger partial charge in [0.1, 0.15) is 0 Å². The molecule has 2 N–H and O–H groups in total. The highest BCUT2D eigenvalue weighted by molar-refractivity contribution is 9.10. The predicted molar refractivity (Wildman–Crippen MR) is 107 cm³/mol. The molecule has 136 valence electrons. The second-order valence-corrected chi connectivity index (χ2v) is 7.41. The Balaban J connectivity index is 1.60. The highest BCUT2D eigenvalue weighted by Gasteiger charge is 2.28. The summed E-state index contributed by atoms with van der Waals surface area (Å²) in [6.07, 6.45) is 1.60. The molecule has 3 rings (SSSR count). The maximum absolute atomic E-state index is 12.6. The van der Waals surface area contributed by atoms with Gasteiger partial charge in [0.25, 0.3) is 0 Å². The molecule has 0 unspecified atom stereocenters. The zero-order valence-corrected chi connectivity index (χ0v) is 16.3. The second-order valence-electron chi connectivity index (χ2n) is 6.55. The molecule has 2 aromatic carbocycles. The van der Waals surface area contributed by atoms with Crippen LogP contribution in [-0.2, 0) is 4.79 Å². The molecule has 1 atom stereocenters. The fraction of sp³-hybridized carbons (Fsp3) is 0.300. The van der Waals surface area contributed by atoms with Crippen LogP contribution in [0.15, 0.2) is 53.0 Å². The molecule has 1 heterocycles. The zero-order chi connectivity index (χ0) is 18.5. The highest BCUT2D eigenvalue weighted by Crippen LogP contribution is 2.25. The van der Waals surface area contributed by atoms with E-state index in [1.165, 1.54) is 0 Å². The highest BCUT2D eigenvalue weighted by atomic mass is 79.9. The van der Waals surface area contributed by atoms with Crippen molar-refractivity contribution in [3.8, 4) is 0 Å². The van der Waals surface area contributed by atoms with Crippen molar-refractivity contribution in [1.29, 1.82) is 0 Å². The van der Waals surface area contributed by atoms with Crippen LogP contribution in [0.5, 0.6) is 0 Å². The quantitative estimate of drug-likeness (QED) is 0.766. The van der Waals surface area contributed by atoms with E-state index < -0.39 is 0 Å². The van der Waals surface area contributed by atoms with Gasteiger partial charge in [-0.25, -0.2) is 4.79 Å². The van der Waals surface area contributed by atoms with Crippen molar-refractivity contribution in [1.82, 2.24) is 4.90 Å². The Kier molecular flexibility index (Phi) is 5.93. The monoisotopic (exact) mass is 415 g/mol. The number of hydrogen-bond donors (Lipinski definition) is 2. The van der Waals surface area contributed by atoms with E-state index in [1.807, 2.05) is 55.5 Å². The van der Waals surface area contributed by atoms with E-state index in [4.69, 9.17) is 0 Å². The summed E-state index contributed by atoms with van der Waals surface area (Å²) in [4.78, 5) is 26.8. The first-order valence-electron chi connectivity index (χ1n) is 8.71. The summed E-state index contributed by atoms with van der Waals surface area (Å²) in [7, 11) is 0. The summed E-state index contributed by atoms with van der Waals surface area (Å²) in [6, 6.07) is 15.0. The van der Waals surface area contributed by atoms with Crippen molar-refractivity contribution in [2.24, 2.45) is 5.92 Å². The summed E-state index contributed by atoms with van der Waals surface area (Å²) >= 11 is 3.48. The Labute approximate surface area is 161 Å². The van der Waals surface area contributed by atoms with Gasteiger partial charge in [-0.1, -0.05) is 24.3 Å². The lowest BCUT2D eigenvalue weighted by Crippen LogP contribution is -2.45. The van der Waals surface area contributed by atoms with Gasteiger partial charge in [0.05, 0.1) is 11.6 Å². The minimum absolute atomic E-state index is 0.0493. The number of carbonyl (C=O) groups is 2. The summed E-state index contributed by atoms with van der Waals surface area (Å²) in [5.74, 6) is -0.259. The number of benzene rings is 2. The van der Waals surface area contributed by atoms with Gasteiger partial charge in [-0.3, -0.25) is 4.79 Å². The summed E-state index contributed by atoms with van der Waals surface area (Å²) in [6.45, 7) is 3.09. The Bertz CT molecular complexity index is 795. The number of para-hydroxylation sites is 1. The minimum atomic E-state index is -0.210. The van der Waals surface area contributed by atoms with Crippen molar-refractivity contribution in [2.75, 3.05) is 23.7 Å². The molecule has 0 bridgehead atoms. The molecule has 1 aliphatic heterocycles. The maximum atomic E-state index is 12.6. The third kappa shape index (κ3) is 4.64. The lowest BCUT2D eigenvalue weighted by molar-refractivity contribution is -0.121. The number of urea groups is 1. The average molecular weight is 416 g/mol. The van der Waals surface area contributed by atoms with Crippen molar-refractivity contribution >= 4 is 39.2 Å². The summed E-state index contributed by atoms with van der Waals surface area (Å²) < 4.78 is 0.861. The largest absolute Gasteiger partial charge is 0.325 e. The van der Waals surface area contributed by atoms with Crippen molar-refractivity contribution < 1.29 is 9.59 Å². The van der Waals surface area contributed by atoms with E-state index in [0.29, 0.717) is 13.1 Å². The molecule has 5 nitrogen and oxygen atoms in total. The molecule has 26 heavy (non-hydrogen) atoms. The normalized spacial score (nSPS) is 16.8. The number of likely N-dealkylation sites (tertiary alicyclic amines) is 1. The van der Waals surface area contributed by atoms with E-state index in [1.54, 1.807) is 4.90 Å². The Morgan fingerprint density at radius 1 is 1.12 bits per heavy atom. The Morgan fingerprint density at radius 2 is 1.88 bits per heavy atom. The molecule has 3 amide bonds. The zero-order valence-electron chi connectivity index (χ0n) is 14.7. The first-order chi connectivity index (χ1) is 12.5. The van der Waals surface area contributed by atoms with Crippen LogP contribution in [0.1, 0.15) is 18.4 Å². The number of carbonyl (C=O) groups excluding carboxylic acids is 2. The van der Waals surface area contributed by atoms with Crippen molar-refractivity contribution in [3.05, 3.63) is 58.6 Å². The predicted octanol–water partition coefficient (Wildman–Crippen LogP) is 4.64. The lowest BCUT2D eigenvalue weighted by atomic mass is 9.97. The van der Waals surface area contributed by atoms with Crippen LogP contribution >= 0.6 is 15.9 Å². The molecular formula is C20H22BrN3O2. The molecule has 0 spiro atoms. The number of nitrogens with zero attached hydrogens (tertiary/aromatic N) is 1. The van der Waals surface area contributed by atoms with Crippen LogP contribution < -0.4 is 10.6 Å². The number of rotatable bonds is 3. The van der Waals surface area contributed by atoms with Gasteiger partial charge in [0, 0.05) is 23.2 Å². The van der Waals surface area contributed by atoms with E-state index >= 15 is 0 Å².